The molecule has 17 heavy (non-hydrogen) atoms. The van der Waals surface area contributed by atoms with Crippen LogP contribution in [-0.4, -0.2) is 9.67 Å². The Morgan fingerprint density at radius 3 is 2.76 bits per heavy atom. The van der Waals surface area contributed by atoms with Gasteiger partial charge in [-0.1, -0.05) is 13.3 Å². The molecule has 1 saturated carbocycles. The van der Waals surface area contributed by atoms with E-state index in [4.69, 9.17) is 0 Å². The lowest BCUT2D eigenvalue weighted by atomic mass is 9.94. The normalized spacial score (nSPS) is 32.8. The maximum Gasteiger partial charge on any atom is 0.0807 e. The van der Waals surface area contributed by atoms with Crippen LogP contribution in [0.5, 0.6) is 0 Å². The molecule has 2 heteroatoms. The first-order valence-corrected chi connectivity index (χ1v) is 7.07. The summed E-state index contributed by atoms with van der Waals surface area (Å²) in [5.41, 5.74) is 4.00. The van der Waals surface area contributed by atoms with Gasteiger partial charge >= 0.3 is 0 Å². The molecule has 2 aliphatic rings. The van der Waals surface area contributed by atoms with Gasteiger partial charge < -0.3 is 9.67 Å². The van der Waals surface area contributed by atoms with Crippen molar-refractivity contribution in [3.05, 3.63) is 23.0 Å². The van der Waals surface area contributed by atoms with Gasteiger partial charge in [0.15, 0.2) is 0 Å². The van der Waals surface area contributed by atoms with Gasteiger partial charge in [-0.05, 0) is 51.0 Å². The average molecular weight is 233 g/mol. The van der Waals surface area contributed by atoms with Crippen LogP contribution in [-0.2, 0) is 6.42 Å². The second-order valence-corrected chi connectivity index (χ2v) is 5.94. The molecule has 1 heterocycles. The largest absolute Gasteiger partial charge is 0.388 e. The number of aliphatic hydroxyl groups excluding tert-OH is 1. The van der Waals surface area contributed by atoms with Gasteiger partial charge in [-0.25, -0.2) is 0 Å². The fraction of sp³-hybridized carbons (Fsp3) is 0.733. The van der Waals surface area contributed by atoms with E-state index in [9.17, 15) is 5.11 Å². The van der Waals surface area contributed by atoms with E-state index in [-0.39, 0.29) is 6.10 Å². The van der Waals surface area contributed by atoms with Crippen molar-refractivity contribution in [1.29, 1.82) is 0 Å². The minimum atomic E-state index is -0.213. The zero-order valence-corrected chi connectivity index (χ0v) is 10.9. The van der Waals surface area contributed by atoms with Gasteiger partial charge in [0.1, 0.15) is 0 Å². The lowest BCUT2D eigenvalue weighted by Crippen LogP contribution is -2.18. The third kappa shape index (κ3) is 1.74. The zero-order chi connectivity index (χ0) is 12.0. The minimum Gasteiger partial charge on any atom is -0.388 e. The maximum atomic E-state index is 10.1. The molecule has 0 bridgehead atoms. The van der Waals surface area contributed by atoms with Crippen LogP contribution in [0.4, 0.5) is 0 Å². The summed E-state index contributed by atoms with van der Waals surface area (Å²) in [6, 6.07) is 2.91. The number of rotatable bonds is 1. The number of aromatic nitrogens is 1. The number of hydrogen-bond donors (Lipinski definition) is 1. The molecule has 0 saturated heterocycles. The topological polar surface area (TPSA) is 25.2 Å². The lowest BCUT2D eigenvalue weighted by molar-refractivity contribution is 0.155. The third-order valence-electron chi connectivity index (χ3n) is 4.77. The Labute approximate surface area is 104 Å². The highest BCUT2D eigenvalue weighted by molar-refractivity contribution is 5.32. The van der Waals surface area contributed by atoms with Crippen molar-refractivity contribution >= 4 is 0 Å². The Morgan fingerprint density at radius 1 is 1.24 bits per heavy atom. The Morgan fingerprint density at radius 2 is 2.06 bits per heavy atom. The number of hydrogen-bond acceptors (Lipinski definition) is 1. The summed E-state index contributed by atoms with van der Waals surface area (Å²) in [6.07, 6.45) is 7.06. The molecular weight excluding hydrogens is 210 g/mol. The van der Waals surface area contributed by atoms with Gasteiger partial charge in [-0.15, -0.1) is 0 Å². The molecule has 2 nitrogen and oxygen atoms in total. The molecule has 0 amide bonds. The van der Waals surface area contributed by atoms with Crippen LogP contribution in [0.2, 0.25) is 0 Å². The van der Waals surface area contributed by atoms with Crippen LogP contribution in [0.15, 0.2) is 6.07 Å². The fourth-order valence-corrected chi connectivity index (χ4v) is 3.87. The molecule has 0 aliphatic heterocycles. The molecule has 0 spiro atoms. The summed E-state index contributed by atoms with van der Waals surface area (Å²) in [7, 11) is 0. The Bertz CT molecular complexity index is 421. The Kier molecular flexibility index (Phi) is 2.78. The molecule has 94 valence electrons. The quantitative estimate of drug-likeness (QED) is 0.788. The van der Waals surface area contributed by atoms with Crippen LogP contribution < -0.4 is 0 Å². The second-order valence-electron chi connectivity index (χ2n) is 5.94. The predicted molar refractivity (Wildman–Crippen MR) is 69.1 cm³/mol. The second kappa shape index (κ2) is 4.16. The number of aryl methyl sites for hydroxylation is 1. The summed E-state index contributed by atoms with van der Waals surface area (Å²) in [6.45, 7) is 4.58. The molecule has 3 rings (SSSR count). The van der Waals surface area contributed by atoms with Crippen molar-refractivity contribution in [2.24, 2.45) is 5.92 Å². The van der Waals surface area contributed by atoms with Crippen molar-refractivity contribution in [3.8, 4) is 0 Å². The van der Waals surface area contributed by atoms with Gasteiger partial charge in [-0.2, -0.15) is 0 Å². The highest BCUT2D eigenvalue weighted by Gasteiger charge is 2.31. The van der Waals surface area contributed by atoms with Crippen LogP contribution in [0.3, 0.4) is 0 Å². The molecule has 3 unspecified atom stereocenters. The molecule has 2 aliphatic carbocycles. The van der Waals surface area contributed by atoms with Gasteiger partial charge in [0.2, 0.25) is 0 Å². The van der Waals surface area contributed by atoms with Crippen LogP contribution >= 0.6 is 0 Å². The molecular formula is C15H23NO. The van der Waals surface area contributed by atoms with Crippen molar-refractivity contribution < 1.29 is 5.11 Å². The van der Waals surface area contributed by atoms with Crippen LogP contribution in [0, 0.1) is 12.8 Å². The maximum absolute atomic E-state index is 10.1. The monoisotopic (exact) mass is 233 g/mol. The molecule has 0 aromatic carbocycles. The summed E-state index contributed by atoms with van der Waals surface area (Å²) < 4.78 is 2.55. The summed E-state index contributed by atoms with van der Waals surface area (Å²) in [5, 5.41) is 10.1. The standard InChI is InChI=1S/C15H23NO/c1-10-5-3-6-13(10)16-11(2)9-12-14(16)7-4-8-15(12)17/h9-10,13,15,17H,3-8H2,1-2H3. The number of nitrogens with zero attached hydrogens (tertiary/aromatic N) is 1. The van der Waals surface area contributed by atoms with Crippen molar-refractivity contribution in [2.45, 2.75) is 64.5 Å². The Balaban J connectivity index is 2.04. The van der Waals surface area contributed by atoms with E-state index in [0.29, 0.717) is 6.04 Å². The van der Waals surface area contributed by atoms with Gasteiger partial charge in [-0.3, -0.25) is 0 Å². The van der Waals surface area contributed by atoms with E-state index in [1.165, 1.54) is 36.2 Å². The van der Waals surface area contributed by atoms with Gasteiger partial charge in [0, 0.05) is 23.0 Å². The van der Waals surface area contributed by atoms with Crippen molar-refractivity contribution in [3.63, 3.8) is 0 Å². The zero-order valence-electron chi connectivity index (χ0n) is 10.9. The summed E-state index contributed by atoms with van der Waals surface area (Å²) in [5.74, 6) is 0.796. The minimum absolute atomic E-state index is 0.213. The van der Waals surface area contributed by atoms with E-state index in [2.05, 4.69) is 24.5 Å². The molecule has 1 aromatic heterocycles. The smallest absolute Gasteiger partial charge is 0.0807 e. The predicted octanol–water partition coefficient (Wildman–Crippen LogP) is 3.53. The van der Waals surface area contributed by atoms with E-state index < -0.39 is 0 Å². The highest BCUT2D eigenvalue weighted by Crippen LogP contribution is 2.41. The first kappa shape index (κ1) is 11.3. The van der Waals surface area contributed by atoms with Gasteiger partial charge in [0.05, 0.1) is 6.10 Å². The molecule has 3 atom stereocenters. The lowest BCUT2D eigenvalue weighted by Gasteiger charge is -2.26. The van der Waals surface area contributed by atoms with E-state index in [1.807, 2.05) is 0 Å². The number of fused-ring (bicyclic) bond motifs is 1. The van der Waals surface area contributed by atoms with E-state index in [1.54, 1.807) is 0 Å². The van der Waals surface area contributed by atoms with Gasteiger partial charge in [0.25, 0.3) is 0 Å². The van der Waals surface area contributed by atoms with E-state index >= 15 is 0 Å². The first-order valence-electron chi connectivity index (χ1n) is 7.07. The highest BCUT2D eigenvalue weighted by atomic mass is 16.3. The molecule has 0 radical (unpaired) electrons. The van der Waals surface area contributed by atoms with Crippen molar-refractivity contribution in [1.82, 2.24) is 4.57 Å². The number of aliphatic hydroxyl groups is 1. The van der Waals surface area contributed by atoms with Crippen LogP contribution in [0.1, 0.15) is 68.1 Å². The van der Waals surface area contributed by atoms with Crippen LogP contribution in [0.25, 0.3) is 0 Å². The van der Waals surface area contributed by atoms with E-state index in [0.717, 1.165) is 25.2 Å². The SMILES string of the molecule is Cc1cc2c(n1C1CCCC1C)CCCC2O. The molecule has 1 N–H and O–H groups in total. The summed E-state index contributed by atoms with van der Waals surface area (Å²) in [4.78, 5) is 0. The molecule has 1 fully saturated rings. The summed E-state index contributed by atoms with van der Waals surface area (Å²) >= 11 is 0. The van der Waals surface area contributed by atoms with Crippen molar-refractivity contribution in [2.75, 3.05) is 0 Å². The average Bonchev–Trinajstić information content (AvgIpc) is 2.83. The first-order chi connectivity index (χ1) is 8.18. The fourth-order valence-electron chi connectivity index (χ4n) is 3.87. The molecule has 1 aromatic rings. The Hall–Kier alpha value is -0.760. The third-order valence-corrected chi connectivity index (χ3v) is 4.77.